The highest BCUT2D eigenvalue weighted by Gasteiger charge is 2.63. The number of carbonyl (C=O) groups excluding carboxylic acids is 5. The number of rotatable bonds is 8. The third-order valence-electron chi connectivity index (χ3n) is 9.29. The van der Waals surface area contributed by atoms with Crippen LogP contribution in [0.25, 0.3) is 0 Å². The average Bonchev–Trinajstić information content (AvgIpc) is 2.93. The molecule has 1 unspecified atom stereocenters. The molecular weight excluding hydrogens is 624 g/mol. The molecule has 2 amide bonds. The number of amides is 2. The highest BCUT2D eigenvalue weighted by atomic mass is 16.5. The first-order valence-corrected chi connectivity index (χ1v) is 15.7. The fraction of sp³-hybridized carbons (Fsp3) is 0.559. The molecule has 0 saturated heterocycles. The maximum Gasteiger partial charge on any atom is 0.303 e. The summed E-state index contributed by atoms with van der Waals surface area (Å²) in [6, 6.07) is 0.579. The number of aromatic hydroxyl groups is 1. The molecule has 0 fully saturated rings. The summed E-state index contributed by atoms with van der Waals surface area (Å²) in [5.41, 5.74) is 2.16. The van der Waals surface area contributed by atoms with E-state index in [0.29, 0.717) is 11.3 Å². The van der Waals surface area contributed by atoms with Crippen LogP contribution < -0.4 is 10.6 Å². The van der Waals surface area contributed by atoms with E-state index in [1.165, 1.54) is 23.6 Å². The monoisotopic (exact) mass is 670 g/mol. The molecular formula is C34H46N4O10. The lowest BCUT2D eigenvalue weighted by atomic mass is 9.58. The van der Waals surface area contributed by atoms with Crippen molar-refractivity contribution >= 4 is 35.0 Å². The van der Waals surface area contributed by atoms with Crippen molar-refractivity contribution in [3.05, 3.63) is 45.4 Å². The van der Waals surface area contributed by atoms with Gasteiger partial charge in [0.15, 0.2) is 17.5 Å². The maximum absolute atomic E-state index is 14.4. The number of likely N-dealkylation sites (N-methyl/N-ethyl adjacent to an activating group) is 1. The molecule has 0 aliphatic heterocycles. The van der Waals surface area contributed by atoms with E-state index < -0.39 is 87.2 Å². The highest BCUT2D eigenvalue weighted by Crippen LogP contribution is 2.53. The number of anilines is 1. The van der Waals surface area contributed by atoms with Gasteiger partial charge in [0.05, 0.1) is 11.6 Å². The van der Waals surface area contributed by atoms with Crippen molar-refractivity contribution in [2.24, 2.45) is 23.0 Å². The number of aliphatic hydroxyl groups excluding tert-OH is 2. The molecule has 4 rings (SSSR count). The Balaban J connectivity index is 1.90. The Kier molecular flexibility index (Phi) is 9.52. The largest absolute Gasteiger partial charge is 0.510 e. The van der Waals surface area contributed by atoms with Crippen molar-refractivity contribution in [1.29, 1.82) is 0 Å². The van der Waals surface area contributed by atoms with Crippen LogP contribution in [-0.2, 0) is 36.9 Å². The molecule has 0 aromatic heterocycles. The molecule has 0 spiro atoms. The predicted molar refractivity (Wildman–Crippen MR) is 174 cm³/mol. The maximum atomic E-state index is 14.4. The van der Waals surface area contributed by atoms with Gasteiger partial charge in [0.2, 0.25) is 5.78 Å². The van der Waals surface area contributed by atoms with Crippen LogP contribution in [-0.4, -0.2) is 112 Å². The van der Waals surface area contributed by atoms with Crippen LogP contribution in [0.3, 0.4) is 0 Å². The smallest absolute Gasteiger partial charge is 0.303 e. The van der Waals surface area contributed by atoms with Gasteiger partial charge >= 0.3 is 5.97 Å². The van der Waals surface area contributed by atoms with Crippen LogP contribution in [0.2, 0.25) is 0 Å². The van der Waals surface area contributed by atoms with Crippen molar-refractivity contribution in [1.82, 2.24) is 9.80 Å². The molecule has 0 radical (unpaired) electrons. The predicted octanol–water partition coefficient (Wildman–Crippen LogP) is 1.51. The number of hydrogen-bond acceptors (Lipinski definition) is 12. The van der Waals surface area contributed by atoms with Crippen LogP contribution >= 0.6 is 0 Å². The Bertz CT molecular complexity index is 1650. The van der Waals surface area contributed by atoms with E-state index >= 15 is 0 Å². The number of benzene rings is 1. The SMILES string of the molecule is CC(=O)OC(C)C(=O)N(Cc1cc(N(C)C)c2c(c1O)C(=O)C1=C(O)[C@]3(O)C(=O)C(C(N)=O)=C(O)[C@@H](N(C)C)[C@@H]3C[C@@H]1C2)CC(C)(C)C. The molecule has 48 heavy (non-hydrogen) atoms. The molecule has 14 nitrogen and oxygen atoms in total. The van der Waals surface area contributed by atoms with E-state index in [2.05, 4.69) is 0 Å². The second-order valence-corrected chi connectivity index (χ2v) is 14.6. The Morgan fingerprint density at radius 3 is 2.21 bits per heavy atom. The number of Topliss-reactive ketones (excluding diaryl/α,β-unsaturated/α-hetero) is 2. The van der Waals surface area contributed by atoms with E-state index in [9.17, 15) is 44.4 Å². The van der Waals surface area contributed by atoms with Gasteiger partial charge in [-0.2, -0.15) is 0 Å². The molecule has 14 heteroatoms. The number of fused-ring (bicyclic) bond motifs is 3. The van der Waals surface area contributed by atoms with E-state index in [4.69, 9.17) is 10.5 Å². The summed E-state index contributed by atoms with van der Waals surface area (Å²) >= 11 is 0. The minimum Gasteiger partial charge on any atom is -0.510 e. The zero-order chi connectivity index (χ0) is 36.4. The Morgan fingerprint density at radius 2 is 1.71 bits per heavy atom. The number of phenols is 1. The van der Waals surface area contributed by atoms with Crippen LogP contribution in [0.4, 0.5) is 5.69 Å². The van der Waals surface area contributed by atoms with Crippen molar-refractivity contribution in [2.45, 2.75) is 71.8 Å². The third-order valence-corrected chi connectivity index (χ3v) is 9.29. The Morgan fingerprint density at radius 1 is 1.10 bits per heavy atom. The fourth-order valence-corrected chi connectivity index (χ4v) is 7.42. The van der Waals surface area contributed by atoms with Gasteiger partial charge in [0, 0.05) is 56.9 Å². The number of esters is 1. The number of phenolic OH excluding ortho intramolecular Hbond substituents is 1. The molecule has 6 N–H and O–H groups in total. The first-order valence-electron chi connectivity index (χ1n) is 15.7. The van der Waals surface area contributed by atoms with Gasteiger partial charge in [-0.05, 0) is 56.8 Å². The van der Waals surface area contributed by atoms with E-state index in [1.807, 2.05) is 20.8 Å². The third kappa shape index (κ3) is 6.02. The first kappa shape index (κ1) is 36.4. The number of allylic oxidation sites excluding steroid dienone is 1. The molecule has 3 aliphatic rings. The summed E-state index contributed by atoms with van der Waals surface area (Å²) < 4.78 is 5.14. The number of nitrogens with two attached hydrogens (primary N) is 1. The minimum atomic E-state index is -2.76. The molecule has 262 valence electrons. The van der Waals surface area contributed by atoms with Gasteiger partial charge in [0.25, 0.3) is 11.8 Å². The Hall–Kier alpha value is -4.43. The van der Waals surface area contributed by atoms with Crippen molar-refractivity contribution in [2.75, 3.05) is 39.6 Å². The van der Waals surface area contributed by atoms with Crippen molar-refractivity contribution in [3.63, 3.8) is 0 Å². The van der Waals surface area contributed by atoms with Gasteiger partial charge < -0.3 is 40.7 Å². The molecule has 3 aliphatic carbocycles. The molecule has 5 atom stereocenters. The fourth-order valence-electron chi connectivity index (χ4n) is 7.42. The summed E-state index contributed by atoms with van der Waals surface area (Å²) in [7, 11) is 6.63. The zero-order valence-electron chi connectivity index (χ0n) is 28.9. The number of carbonyl (C=O) groups is 5. The summed E-state index contributed by atoms with van der Waals surface area (Å²) in [6.45, 7) is 8.42. The summed E-state index contributed by atoms with van der Waals surface area (Å²) in [6.07, 6.45) is -1.04. The number of hydrogen-bond donors (Lipinski definition) is 5. The second-order valence-electron chi connectivity index (χ2n) is 14.6. The topological polar surface area (TPSA) is 211 Å². The van der Waals surface area contributed by atoms with Gasteiger partial charge in [-0.3, -0.25) is 28.9 Å². The lowest BCUT2D eigenvalue weighted by Crippen LogP contribution is -2.63. The van der Waals surface area contributed by atoms with Crippen LogP contribution in [0, 0.1) is 17.3 Å². The van der Waals surface area contributed by atoms with Crippen LogP contribution in [0.5, 0.6) is 5.75 Å². The van der Waals surface area contributed by atoms with Gasteiger partial charge in [-0.15, -0.1) is 0 Å². The minimum absolute atomic E-state index is 0.0386. The van der Waals surface area contributed by atoms with Crippen LogP contribution in [0.15, 0.2) is 28.7 Å². The normalized spacial score (nSPS) is 24.5. The van der Waals surface area contributed by atoms with Crippen molar-refractivity contribution in [3.8, 4) is 5.75 Å². The quantitative estimate of drug-likeness (QED) is 0.197. The van der Waals surface area contributed by atoms with E-state index in [0.717, 1.165) is 0 Å². The number of aliphatic hydroxyl groups is 3. The lowest BCUT2D eigenvalue weighted by molar-refractivity contribution is -0.158. The lowest BCUT2D eigenvalue weighted by Gasteiger charge is -2.50. The highest BCUT2D eigenvalue weighted by molar-refractivity contribution is 6.25. The summed E-state index contributed by atoms with van der Waals surface area (Å²) in [5, 5.41) is 46.3. The average molecular weight is 671 g/mol. The first-order chi connectivity index (χ1) is 22.0. The molecule has 0 bridgehead atoms. The second kappa shape index (κ2) is 12.5. The van der Waals surface area contributed by atoms with E-state index in [-0.39, 0.29) is 42.6 Å². The van der Waals surface area contributed by atoms with Gasteiger partial charge in [-0.25, -0.2) is 0 Å². The van der Waals surface area contributed by atoms with Gasteiger partial charge in [0.1, 0.15) is 22.8 Å². The molecule has 1 aromatic carbocycles. The number of nitrogens with zero attached hydrogens (tertiary/aromatic N) is 3. The number of primary amides is 1. The number of ketones is 2. The standard InChI is InChI=1S/C34H46N4O10/c1-15(48-16(2)39)32(46)38(14-33(3,4)5)13-18-12-21(36(6)7)19-10-17-11-20-25(37(8)9)28(42)24(31(35)45)30(44)34(20,47)29(43)22(17)27(41)23(19)26(18)40/h12,15,17,20,25,40,42-43,47H,10-11,13-14H2,1-9H3,(H2,35,45)/t15?,17-,20-,25-,34-/m0/s1. The zero-order valence-corrected chi connectivity index (χ0v) is 28.9. The van der Waals surface area contributed by atoms with Crippen LogP contribution in [0.1, 0.15) is 62.5 Å². The number of ether oxygens (including phenoxy) is 1. The summed E-state index contributed by atoms with van der Waals surface area (Å²) in [4.78, 5) is 70.0. The van der Waals surface area contributed by atoms with E-state index in [1.54, 1.807) is 39.2 Å². The molecule has 0 saturated carbocycles. The van der Waals surface area contributed by atoms with Crippen molar-refractivity contribution < 1.29 is 49.1 Å². The molecule has 0 heterocycles. The molecule has 1 aromatic rings. The summed E-state index contributed by atoms with van der Waals surface area (Å²) in [5.74, 6) is -8.51. The van der Waals surface area contributed by atoms with Gasteiger partial charge in [-0.1, -0.05) is 20.8 Å². The Labute approximate surface area is 279 Å².